The molecule has 4 aliphatic heterocycles. The molecule has 4 aliphatic rings. The quantitative estimate of drug-likeness (QED) is 0.108. The molecule has 0 saturated carbocycles. The van der Waals surface area contributed by atoms with Crippen molar-refractivity contribution in [2.45, 2.75) is 228 Å². The van der Waals surface area contributed by atoms with Crippen molar-refractivity contribution >= 4 is 23.9 Å². The van der Waals surface area contributed by atoms with Crippen LogP contribution in [0.1, 0.15) is 83.1 Å². The summed E-state index contributed by atoms with van der Waals surface area (Å²) in [6.45, 7) is 20.2. The largest absolute Gasteiger partial charge is 0.479 e. The van der Waals surface area contributed by atoms with Gasteiger partial charge in [-0.05, 0) is 83.1 Å². The lowest BCUT2D eigenvalue weighted by molar-refractivity contribution is -0.314. The van der Waals surface area contributed by atoms with Crippen molar-refractivity contribution in [1.82, 2.24) is 0 Å². The topological polar surface area (TPSA) is 466 Å². The van der Waals surface area contributed by atoms with Crippen molar-refractivity contribution in [3.05, 3.63) is 0 Å². The third-order valence-corrected chi connectivity index (χ3v) is 9.17. The SMILES string of the molecule is CC(C)(C)O[C@@H]1O[C@H](C(=O)O)[C@@H](O)[C@H](O)[C@H]1O.CC(C)(C)O[C@@H]1[C@@H](O)[C@H](O)O[C@H](C(=O)O)[C@H]1O.CC(C)(C)O[C@@H]1[C@@H](O)[C@H](O)[C@@H](C(=O)O)O[C@H]1O.CC(C)(C)O[C@H]1[C@H](O)[C@@H](O)[C@H](O)O[C@@H]1C(=O)O. The summed E-state index contributed by atoms with van der Waals surface area (Å²) in [5.41, 5.74) is -2.78. The van der Waals surface area contributed by atoms with Gasteiger partial charge in [-0.2, -0.15) is 0 Å². The maximum atomic E-state index is 10.9. The number of carbonyl (C=O) groups is 4. The van der Waals surface area contributed by atoms with E-state index in [2.05, 4.69) is 4.74 Å². The summed E-state index contributed by atoms with van der Waals surface area (Å²) in [7, 11) is 0. The molecule has 0 aliphatic carbocycles. The maximum Gasteiger partial charge on any atom is 0.335 e. The second-order valence-electron chi connectivity index (χ2n) is 19.8. The van der Waals surface area contributed by atoms with Gasteiger partial charge in [-0.25, -0.2) is 19.2 Å². The fourth-order valence-electron chi connectivity index (χ4n) is 6.28. The Kier molecular flexibility index (Phi) is 23.2. The van der Waals surface area contributed by atoms with Gasteiger partial charge in [0.05, 0.1) is 22.4 Å². The van der Waals surface area contributed by atoms with Crippen molar-refractivity contribution in [3.8, 4) is 0 Å². The average molecular weight is 1000 g/mol. The van der Waals surface area contributed by atoms with Crippen LogP contribution in [0.5, 0.6) is 0 Å². The molecule has 0 spiro atoms. The van der Waals surface area contributed by atoms with Crippen molar-refractivity contribution in [2.24, 2.45) is 0 Å². The van der Waals surface area contributed by atoms with E-state index in [9.17, 15) is 80.5 Å². The van der Waals surface area contributed by atoms with Crippen LogP contribution in [0.2, 0.25) is 0 Å². The van der Waals surface area contributed by atoms with Crippen LogP contribution in [0.3, 0.4) is 0 Å². The minimum Gasteiger partial charge on any atom is -0.479 e. The molecular weight excluding hydrogens is 928 g/mol. The molecule has 0 unspecified atom stereocenters. The molecule has 16 N–H and O–H groups in total. The molecule has 4 fully saturated rings. The highest BCUT2D eigenvalue weighted by molar-refractivity contribution is 5.74. The minimum atomic E-state index is -1.74. The Morgan fingerprint density at radius 3 is 1.03 bits per heavy atom. The average Bonchev–Trinajstić information content (AvgIpc) is 3.17. The van der Waals surface area contributed by atoms with E-state index in [0.29, 0.717) is 0 Å². The van der Waals surface area contributed by atoms with Gasteiger partial charge in [-0.1, -0.05) is 0 Å². The highest BCUT2D eigenvalue weighted by Crippen LogP contribution is 2.30. The third-order valence-electron chi connectivity index (χ3n) is 9.17. The second-order valence-corrected chi connectivity index (χ2v) is 19.8. The smallest absolute Gasteiger partial charge is 0.335 e. The standard InChI is InChI=1S/4C10H18O7/c1-10(2,3)17-6-4(11)7(8(13)14)16-9(15)5(6)12;1-10(2,3)17-6-4(11)5(12)9(15)16-7(6)8(13)14;1-10(2,3)17-9-6(13)4(11)5(12)7(16-9)8(14)15;1-10(2,3)17-7-5(12)4(11)6(8(13)14)16-9(7)15/h2*4-7,9,11-12,15H,1-3H3,(H,13,14);4-7,9,11-13H,1-3H3,(H,14,15);4-7,9,11-12,15H,1-3H3,(H,13,14)/t4-,5+,6-,7-,9+;4-,5-,6+,7+,9-;4-,5-,6+,7-,9-;4-,5-,6-,7+,9+/m0100/s1. The van der Waals surface area contributed by atoms with E-state index >= 15 is 0 Å². The Morgan fingerprint density at radius 2 is 0.618 bits per heavy atom. The number of hydrogen-bond donors (Lipinski definition) is 16. The summed E-state index contributed by atoms with van der Waals surface area (Å²) in [4.78, 5) is 43.2. The maximum absolute atomic E-state index is 10.9. The Labute approximate surface area is 390 Å². The molecule has 4 saturated heterocycles. The van der Waals surface area contributed by atoms with Crippen LogP contribution in [-0.2, 0) is 57.1 Å². The van der Waals surface area contributed by atoms with E-state index in [1.165, 1.54) is 0 Å². The van der Waals surface area contributed by atoms with Crippen LogP contribution in [0, 0.1) is 0 Å². The summed E-state index contributed by atoms with van der Waals surface area (Å²) in [5, 5.41) is 150. The zero-order valence-corrected chi connectivity index (χ0v) is 39.6. The molecule has 0 amide bonds. The first-order chi connectivity index (χ1) is 30.5. The summed E-state index contributed by atoms with van der Waals surface area (Å²) < 4.78 is 40.3. The van der Waals surface area contributed by atoms with Crippen LogP contribution in [0.15, 0.2) is 0 Å². The van der Waals surface area contributed by atoms with Crippen molar-refractivity contribution in [2.75, 3.05) is 0 Å². The van der Waals surface area contributed by atoms with Crippen LogP contribution >= 0.6 is 0 Å². The highest BCUT2D eigenvalue weighted by Gasteiger charge is 2.52. The van der Waals surface area contributed by atoms with Gasteiger partial charge in [0.1, 0.15) is 73.2 Å². The number of hydrogen-bond acceptors (Lipinski definition) is 24. The lowest BCUT2D eigenvalue weighted by atomic mass is 9.97. The van der Waals surface area contributed by atoms with Crippen LogP contribution in [0.25, 0.3) is 0 Å². The lowest BCUT2D eigenvalue weighted by Gasteiger charge is -2.41. The van der Waals surface area contributed by atoms with Gasteiger partial charge in [0.2, 0.25) is 0 Å². The number of carboxylic acid groups (broad SMARTS) is 4. The number of aliphatic hydroxyl groups excluding tert-OH is 12. The highest BCUT2D eigenvalue weighted by atomic mass is 16.7. The zero-order valence-electron chi connectivity index (χ0n) is 39.6. The molecule has 68 heavy (non-hydrogen) atoms. The molecular formula is C40H72O28. The summed E-state index contributed by atoms with van der Waals surface area (Å²) in [6, 6.07) is 0. The van der Waals surface area contributed by atoms with E-state index in [0.717, 1.165) is 0 Å². The van der Waals surface area contributed by atoms with Gasteiger partial charge in [0.15, 0.2) is 49.6 Å². The molecule has 28 heteroatoms. The fraction of sp³-hybridized carbons (Fsp3) is 0.900. The predicted octanol–water partition coefficient (Wildman–Crippen LogP) is -5.23. The monoisotopic (exact) mass is 1000 g/mol. The fourth-order valence-corrected chi connectivity index (χ4v) is 6.28. The molecule has 0 aromatic carbocycles. The van der Waals surface area contributed by atoms with E-state index < -0.39 is 169 Å². The first-order valence-corrected chi connectivity index (χ1v) is 20.9. The lowest BCUT2D eigenvalue weighted by Crippen LogP contribution is -2.61. The van der Waals surface area contributed by atoms with E-state index in [1.54, 1.807) is 83.1 Å². The molecule has 0 bridgehead atoms. The summed E-state index contributed by atoms with van der Waals surface area (Å²) in [5.74, 6) is -5.68. The molecule has 0 radical (unpaired) electrons. The third kappa shape index (κ3) is 19.0. The number of rotatable bonds is 8. The number of aliphatic carboxylic acids is 4. The Bertz CT molecular complexity index is 1590. The Balaban J connectivity index is 0.000000453. The number of aliphatic hydroxyl groups is 12. The van der Waals surface area contributed by atoms with Crippen molar-refractivity contribution in [1.29, 1.82) is 0 Å². The predicted molar refractivity (Wildman–Crippen MR) is 221 cm³/mol. The van der Waals surface area contributed by atoms with E-state index in [4.69, 9.17) is 53.6 Å². The molecule has 400 valence electrons. The number of carboxylic acids is 4. The Morgan fingerprint density at radius 1 is 0.309 bits per heavy atom. The molecule has 0 aromatic rings. The van der Waals surface area contributed by atoms with Gasteiger partial charge in [0, 0.05) is 0 Å². The van der Waals surface area contributed by atoms with Gasteiger partial charge < -0.3 is 120 Å². The van der Waals surface area contributed by atoms with Gasteiger partial charge in [-0.15, -0.1) is 0 Å². The molecule has 28 nitrogen and oxygen atoms in total. The molecule has 4 heterocycles. The van der Waals surface area contributed by atoms with Crippen molar-refractivity contribution < 1.29 is 139 Å². The van der Waals surface area contributed by atoms with Crippen LogP contribution < -0.4 is 0 Å². The first-order valence-electron chi connectivity index (χ1n) is 20.9. The first kappa shape index (κ1) is 63.1. The van der Waals surface area contributed by atoms with Crippen LogP contribution in [-0.4, -0.2) is 251 Å². The molecule has 20 atom stereocenters. The summed E-state index contributed by atoms with van der Waals surface area (Å²) in [6.07, 6.45) is -30.6. The normalized spacial score (nSPS) is 39.1. The van der Waals surface area contributed by atoms with Gasteiger partial charge in [0.25, 0.3) is 0 Å². The van der Waals surface area contributed by atoms with E-state index in [-0.39, 0.29) is 0 Å². The summed E-state index contributed by atoms with van der Waals surface area (Å²) >= 11 is 0. The Hall–Kier alpha value is -2.92. The van der Waals surface area contributed by atoms with Gasteiger partial charge in [-0.3, -0.25) is 0 Å². The van der Waals surface area contributed by atoms with Gasteiger partial charge >= 0.3 is 23.9 Å². The number of ether oxygens (including phenoxy) is 8. The van der Waals surface area contributed by atoms with E-state index in [1.807, 2.05) is 0 Å². The molecule has 0 aromatic heterocycles. The minimum absolute atomic E-state index is 0.675. The molecule has 4 rings (SSSR count). The van der Waals surface area contributed by atoms with Crippen molar-refractivity contribution in [3.63, 3.8) is 0 Å². The zero-order chi connectivity index (χ0) is 53.5. The van der Waals surface area contributed by atoms with Crippen LogP contribution in [0.4, 0.5) is 0 Å². The second kappa shape index (κ2) is 25.0.